The van der Waals surface area contributed by atoms with Gasteiger partial charge < -0.3 is 14.8 Å². The number of carbonyl (C=O) groups excluding carboxylic acids is 1. The first-order valence-corrected chi connectivity index (χ1v) is 10.6. The van der Waals surface area contributed by atoms with Gasteiger partial charge in [0.1, 0.15) is 17.4 Å². The fourth-order valence-electron chi connectivity index (χ4n) is 3.45. The van der Waals surface area contributed by atoms with Crippen molar-refractivity contribution in [1.82, 2.24) is 0 Å². The second-order valence-electron chi connectivity index (χ2n) is 8.57. The molecule has 0 saturated heterocycles. The molecule has 5 nitrogen and oxygen atoms in total. The molecule has 1 aliphatic carbocycles. The van der Waals surface area contributed by atoms with Crippen molar-refractivity contribution < 1.29 is 14.3 Å². The van der Waals surface area contributed by atoms with Crippen molar-refractivity contribution in [3.8, 4) is 11.8 Å². The maximum atomic E-state index is 12.1. The predicted octanol–water partition coefficient (Wildman–Crippen LogP) is 5.97. The minimum atomic E-state index is -0.502. The van der Waals surface area contributed by atoms with Gasteiger partial charge in [-0.3, -0.25) is 0 Å². The average molecular weight is 427 g/mol. The van der Waals surface area contributed by atoms with Crippen LogP contribution in [0.1, 0.15) is 62.4 Å². The topological polar surface area (TPSA) is 71.3 Å². The van der Waals surface area contributed by atoms with E-state index in [0.29, 0.717) is 27.9 Å². The van der Waals surface area contributed by atoms with Gasteiger partial charge in [-0.15, -0.1) is 0 Å². The van der Waals surface area contributed by atoms with Crippen LogP contribution in [-0.2, 0) is 4.74 Å². The SMILES string of the molecule is CC(C)(C)OC(=O)c1ccc(N[C@H]2CC[C@H](Oc3ccc(C#N)c(Cl)c3)CC2)cc1. The molecule has 0 spiro atoms. The second kappa shape index (κ2) is 9.40. The summed E-state index contributed by atoms with van der Waals surface area (Å²) in [7, 11) is 0. The molecule has 2 aromatic rings. The van der Waals surface area contributed by atoms with Crippen LogP contribution in [0.3, 0.4) is 0 Å². The van der Waals surface area contributed by atoms with Crippen molar-refractivity contribution in [1.29, 1.82) is 5.26 Å². The van der Waals surface area contributed by atoms with E-state index in [0.717, 1.165) is 31.4 Å². The maximum absolute atomic E-state index is 12.1. The van der Waals surface area contributed by atoms with E-state index in [9.17, 15) is 4.79 Å². The zero-order chi connectivity index (χ0) is 21.7. The summed E-state index contributed by atoms with van der Waals surface area (Å²) in [5.74, 6) is 0.391. The molecule has 158 valence electrons. The van der Waals surface area contributed by atoms with Gasteiger partial charge in [0.2, 0.25) is 0 Å². The number of halogens is 1. The highest BCUT2D eigenvalue weighted by atomic mass is 35.5. The second-order valence-corrected chi connectivity index (χ2v) is 8.98. The first-order valence-electron chi connectivity index (χ1n) is 10.2. The number of hydrogen-bond acceptors (Lipinski definition) is 5. The lowest BCUT2D eigenvalue weighted by atomic mass is 9.92. The van der Waals surface area contributed by atoms with Crippen LogP contribution in [0, 0.1) is 11.3 Å². The highest BCUT2D eigenvalue weighted by Crippen LogP contribution is 2.28. The van der Waals surface area contributed by atoms with Crippen molar-refractivity contribution in [2.45, 2.75) is 64.2 Å². The van der Waals surface area contributed by atoms with Gasteiger partial charge in [-0.25, -0.2) is 4.79 Å². The summed E-state index contributed by atoms with van der Waals surface area (Å²) in [5.41, 5.74) is 1.49. The summed E-state index contributed by atoms with van der Waals surface area (Å²) in [4.78, 5) is 12.1. The molecule has 0 radical (unpaired) electrons. The van der Waals surface area contributed by atoms with Crippen molar-refractivity contribution in [3.05, 3.63) is 58.6 Å². The van der Waals surface area contributed by atoms with Gasteiger partial charge in [0, 0.05) is 17.8 Å². The first-order chi connectivity index (χ1) is 14.2. The Balaban J connectivity index is 1.48. The number of esters is 1. The standard InChI is InChI=1S/C24H27ClN2O3/c1-24(2,3)30-23(28)16-4-7-18(8-5-16)27-19-9-12-20(13-10-19)29-21-11-6-17(15-26)22(25)14-21/h4-8,11,14,19-20,27H,9-10,12-13H2,1-3H3/t19-,20-. The maximum Gasteiger partial charge on any atom is 0.338 e. The molecule has 1 fully saturated rings. The summed E-state index contributed by atoms with van der Waals surface area (Å²) in [6.07, 6.45) is 3.99. The van der Waals surface area contributed by atoms with E-state index in [1.807, 2.05) is 32.9 Å². The summed E-state index contributed by atoms with van der Waals surface area (Å²) in [6.45, 7) is 5.57. The molecule has 0 bridgehead atoms. The van der Waals surface area contributed by atoms with Crippen LogP contribution < -0.4 is 10.1 Å². The van der Waals surface area contributed by atoms with Crippen LogP contribution >= 0.6 is 11.6 Å². The number of anilines is 1. The van der Waals surface area contributed by atoms with Gasteiger partial charge in [-0.1, -0.05) is 11.6 Å². The van der Waals surface area contributed by atoms with Gasteiger partial charge in [0.25, 0.3) is 0 Å². The molecular formula is C24H27ClN2O3. The van der Waals surface area contributed by atoms with Gasteiger partial charge >= 0.3 is 5.97 Å². The molecule has 0 unspecified atom stereocenters. The van der Waals surface area contributed by atoms with Crippen LogP contribution in [0.2, 0.25) is 5.02 Å². The third-order valence-corrected chi connectivity index (χ3v) is 5.24. The largest absolute Gasteiger partial charge is 0.490 e. The number of ether oxygens (including phenoxy) is 2. The quantitative estimate of drug-likeness (QED) is 0.596. The summed E-state index contributed by atoms with van der Waals surface area (Å²) >= 11 is 6.08. The third kappa shape index (κ3) is 6.14. The van der Waals surface area contributed by atoms with E-state index >= 15 is 0 Å². The summed E-state index contributed by atoms with van der Waals surface area (Å²) in [5, 5.41) is 12.9. The van der Waals surface area contributed by atoms with E-state index < -0.39 is 5.60 Å². The number of benzene rings is 2. The number of hydrogen-bond donors (Lipinski definition) is 1. The highest BCUT2D eigenvalue weighted by molar-refractivity contribution is 6.31. The van der Waals surface area contributed by atoms with E-state index in [1.54, 1.807) is 30.3 Å². The molecule has 1 saturated carbocycles. The van der Waals surface area contributed by atoms with Crippen LogP contribution in [0.5, 0.6) is 5.75 Å². The Hall–Kier alpha value is -2.71. The Labute approximate surface area is 182 Å². The molecule has 2 aromatic carbocycles. The number of nitriles is 1. The monoisotopic (exact) mass is 426 g/mol. The highest BCUT2D eigenvalue weighted by Gasteiger charge is 2.23. The minimum Gasteiger partial charge on any atom is -0.490 e. The normalized spacial score (nSPS) is 18.9. The van der Waals surface area contributed by atoms with Crippen molar-refractivity contribution >= 4 is 23.3 Å². The lowest BCUT2D eigenvalue weighted by molar-refractivity contribution is 0.00695. The molecule has 3 rings (SSSR count). The Bertz CT molecular complexity index is 921. The van der Waals surface area contributed by atoms with E-state index in [4.69, 9.17) is 26.3 Å². The summed E-state index contributed by atoms with van der Waals surface area (Å²) in [6, 6.07) is 15.0. The number of nitrogens with zero attached hydrogens (tertiary/aromatic N) is 1. The Kier molecular flexibility index (Phi) is 6.89. The lowest BCUT2D eigenvalue weighted by Gasteiger charge is -2.30. The fourth-order valence-corrected chi connectivity index (χ4v) is 3.67. The van der Waals surface area contributed by atoms with Crippen molar-refractivity contribution in [2.75, 3.05) is 5.32 Å². The van der Waals surface area contributed by atoms with Gasteiger partial charge in [0.15, 0.2) is 0 Å². The molecule has 1 aliphatic rings. The zero-order valence-electron chi connectivity index (χ0n) is 17.6. The average Bonchev–Trinajstić information content (AvgIpc) is 2.69. The lowest BCUT2D eigenvalue weighted by Crippen LogP contribution is -2.31. The van der Waals surface area contributed by atoms with Crippen LogP contribution in [0.4, 0.5) is 5.69 Å². The molecule has 6 heteroatoms. The molecule has 0 amide bonds. The Morgan fingerprint density at radius 3 is 2.33 bits per heavy atom. The third-order valence-electron chi connectivity index (χ3n) is 4.93. The van der Waals surface area contributed by atoms with Gasteiger partial charge in [0.05, 0.1) is 22.3 Å². The van der Waals surface area contributed by atoms with E-state index in [2.05, 4.69) is 11.4 Å². The molecule has 1 N–H and O–H groups in total. The minimum absolute atomic E-state index is 0.140. The Morgan fingerprint density at radius 2 is 1.77 bits per heavy atom. The predicted molar refractivity (Wildman–Crippen MR) is 118 cm³/mol. The fraction of sp³-hybridized carbons (Fsp3) is 0.417. The molecular weight excluding hydrogens is 400 g/mol. The van der Waals surface area contributed by atoms with Gasteiger partial charge in [-0.05, 0) is 82.9 Å². The van der Waals surface area contributed by atoms with Crippen LogP contribution in [0.25, 0.3) is 0 Å². The molecule has 0 aromatic heterocycles. The van der Waals surface area contributed by atoms with E-state index in [1.165, 1.54) is 0 Å². The van der Waals surface area contributed by atoms with Gasteiger partial charge in [-0.2, -0.15) is 5.26 Å². The smallest absolute Gasteiger partial charge is 0.338 e. The molecule has 0 aliphatic heterocycles. The zero-order valence-corrected chi connectivity index (χ0v) is 18.3. The first kappa shape index (κ1) is 22.0. The molecule has 0 atom stereocenters. The van der Waals surface area contributed by atoms with E-state index in [-0.39, 0.29) is 12.1 Å². The van der Waals surface area contributed by atoms with Crippen LogP contribution in [0.15, 0.2) is 42.5 Å². The molecule has 0 heterocycles. The van der Waals surface area contributed by atoms with Crippen molar-refractivity contribution in [2.24, 2.45) is 0 Å². The van der Waals surface area contributed by atoms with Crippen molar-refractivity contribution in [3.63, 3.8) is 0 Å². The molecule has 30 heavy (non-hydrogen) atoms. The van der Waals surface area contributed by atoms with Crippen LogP contribution in [-0.4, -0.2) is 23.7 Å². The number of nitrogens with one attached hydrogen (secondary N) is 1. The summed E-state index contributed by atoms with van der Waals surface area (Å²) < 4.78 is 11.4. The number of rotatable bonds is 5. The Morgan fingerprint density at radius 1 is 1.10 bits per heavy atom. The number of carbonyl (C=O) groups is 1.